The monoisotopic (exact) mass is 322 g/mol. The molecule has 0 saturated carbocycles. The van der Waals surface area contributed by atoms with E-state index in [0.717, 1.165) is 47.6 Å². The minimum Gasteiger partial charge on any atom is -0.321 e. The zero-order valence-corrected chi connectivity index (χ0v) is 14.6. The van der Waals surface area contributed by atoms with E-state index in [0.29, 0.717) is 0 Å². The summed E-state index contributed by atoms with van der Waals surface area (Å²) in [6.07, 6.45) is 3.85. The standard InChI is InChI=1S/C21H26N2O/c1-16-9-8-10-17(2)20(16)22-21(24)19-12-5-4-11-18(19)15-23-13-6-3-7-14-23/h4-5,8-12H,3,6-7,13-15H2,1-2H3,(H,22,24). The van der Waals surface area contributed by atoms with Gasteiger partial charge in [0.25, 0.3) is 5.91 Å². The third kappa shape index (κ3) is 3.85. The van der Waals surface area contributed by atoms with Crippen molar-refractivity contribution < 1.29 is 4.79 Å². The molecule has 1 fully saturated rings. The van der Waals surface area contributed by atoms with Crippen LogP contribution < -0.4 is 5.32 Å². The lowest BCUT2D eigenvalue weighted by Crippen LogP contribution is -2.30. The Labute approximate surface area is 144 Å². The summed E-state index contributed by atoms with van der Waals surface area (Å²) in [6.45, 7) is 7.18. The number of nitrogens with one attached hydrogen (secondary N) is 1. The van der Waals surface area contributed by atoms with E-state index in [9.17, 15) is 4.79 Å². The summed E-state index contributed by atoms with van der Waals surface area (Å²) in [6, 6.07) is 14.1. The molecule has 3 heteroatoms. The molecule has 1 amide bonds. The number of likely N-dealkylation sites (tertiary alicyclic amines) is 1. The highest BCUT2D eigenvalue weighted by atomic mass is 16.1. The van der Waals surface area contributed by atoms with Crippen molar-refractivity contribution in [3.63, 3.8) is 0 Å². The summed E-state index contributed by atoms with van der Waals surface area (Å²) in [7, 11) is 0. The van der Waals surface area contributed by atoms with Crippen LogP contribution in [0.15, 0.2) is 42.5 Å². The molecular weight excluding hydrogens is 296 g/mol. The maximum Gasteiger partial charge on any atom is 0.256 e. The second-order valence-electron chi connectivity index (χ2n) is 6.71. The number of hydrogen-bond acceptors (Lipinski definition) is 2. The van der Waals surface area contributed by atoms with Crippen LogP contribution in [0, 0.1) is 13.8 Å². The van der Waals surface area contributed by atoms with Gasteiger partial charge in [0.05, 0.1) is 0 Å². The Morgan fingerprint density at radius 3 is 2.33 bits per heavy atom. The summed E-state index contributed by atoms with van der Waals surface area (Å²) in [5.74, 6) is -0.0139. The Hall–Kier alpha value is -2.13. The van der Waals surface area contributed by atoms with Gasteiger partial charge in [0.2, 0.25) is 0 Å². The number of carbonyl (C=O) groups excluding carboxylic acids is 1. The van der Waals surface area contributed by atoms with E-state index >= 15 is 0 Å². The van der Waals surface area contributed by atoms with Gasteiger partial charge in [-0.1, -0.05) is 42.8 Å². The zero-order valence-electron chi connectivity index (χ0n) is 14.6. The van der Waals surface area contributed by atoms with Crippen LogP contribution in [-0.4, -0.2) is 23.9 Å². The number of anilines is 1. The summed E-state index contributed by atoms with van der Waals surface area (Å²) in [5.41, 5.74) is 5.01. The third-order valence-electron chi connectivity index (χ3n) is 4.82. The Morgan fingerprint density at radius 1 is 0.958 bits per heavy atom. The van der Waals surface area contributed by atoms with Gasteiger partial charge in [0.1, 0.15) is 0 Å². The SMILES string of the molecule is Cc1cccc(C)c1NC(=O)c1ccccc1CN1CCCCC1. The summed E-state index contributed by atoms with van der Waals surface area (Å²) < 4.78 is 0. The molecule has 0 aromatic heterocycles. The van der Waals surface area contributed by atoms with Gasteiger partial charge >= 0.3 is 0 Å². The molecule has 0 radical (unpaired) electrons. The first kappa shape index (κ1) is 16.7. The second-order valence-corrected chi connectivity index (χ2v) is 6.71. The Morgan fingerprint density at radius 2 is 1.62 bits per heavy atom. The van der Waals surface area contributed by atoms with Crippen molar-refractivity contribution in [3.05, 3.63) is 64.7 Å². The lowest BCUT2D eigenvalue weighted by Gasteiger charge is -2.27. The molecule has 0 atom stereocenters. The molecule has 1 aliphatic heterocycles. The van der Waals surface area contributed by atoms with Gasteiger partial charge in [-0.25, -0.2) is 0 Å². The number of piperidine rings is 1. The van der Waals surface area contributed by atoms with E-state index in [1.807, 2.05) is 50.2 Å². The second kappa shape index (κ2) is 7.63. The van der Waals surface area contributed by atoms with Crippen LogP contribution in [0.4, 0.5) is 5.69 Å². The van der Waals surface area contributed by atoms with E-state index in [2.05, 4.69) is 16.3 Å². The molecule has 3 rings (SSSR count). The summed E-state index contributed by atoms with van der Waals surface area (Å²) in [5, 5.41) is 3.11. The molecule has 24 heavy (non-hydrogen) atoms. The normalized spacial score (nSPS) is 15.2. The van der Waals surface area contributed by atoms with Gasteiger partial charge in [0.15, 0.2) is 0 Å². The first-order valence-electron chi connectivity index (χ1n) is 8.83. The molecule has 126 valence electrons. The number of amides is 1. The molecule has 0 unspecified atom stereocenters. The van der Waals surface area contributed by atoms with Crippen molar-refractivity contribution in [2.24, 2.45) is 0 Å². The average molecular weight is 322 g/mol. The highest BCUT2D eigenvalue weighted by molar-refractivity contribution is 6.06. The quantitative estimate of drug-likeness (QED) is 0.896. The fourth-order valence-electron chi connectivity index (χ4n) is 3.43. The molecule has 0 spiro atoms. The molecule has 1 saturated heterocycles. The molecule has 2 aromatic rings. The third-order valence-corrected chi connectivity index (χ3v) is 4.82. The predicted octanol–water partition coefficient (Wildman–Crippen LogP) is 4.54. The molecule has 1 heterocycles. The van der Waals surface area contributed by atoms with Gasteiger partial charge in [-0.2, -0.15) is 0 Å². The van der Waals surface area contributed by atoms with E-state index < -0.39 is 0 Å². The van der Waals surface area contributed by atoms with Crippen LogP contribution in [0.2, 0.25) is 0 Å². The van der Waals surface area contributed by atoms with E-state index in [4.69, 9.17) is 0 Å². The highest BCUT2D eigenvalue weighted by Crippen LogP contribution is 2.22. The smallest absolute Gasteiger partial charge is 0.256 e. The van der Waals surface area contributed by atoms with Crippen molar-refractivity contribution in [1.29, 1.82) is 0 Å². The van der Waals surface area contributed by atoms with Gasteiger partial charge in [0, 0.05) is 17.8 Å². The van der Waals surface area contributed by atoms with Crippen LogP contribution >= 0.6 is 0 Å². The number of para-hydroxylation sites is 1. The molecular formula is C21H26N2O. The molecule has 1 N–H and O–H groups in total. The van der Waals surface area contributed by atoms with Crippen LogP contribution in [-0.2, 0) is 6.54 Å². The lowest BCUT2D eigenvalue weighted by atomic mass is 10.0. The fourth-order valence-corrected chi connectivity index (χ4v) is 3.43. The maximum atomic E-state index is 12.9. The van der Waals surface area contributed by atoms with Crippen LogP contribution in [0.3, 0.4) is 0 Å². The van der Waals surface area contributed by atoms with Gasteiger partial charge in [-0.05, 0) is 62.5 Å². The molecule has 1 aliphatic rings. The van der Waals surface area contributed by atoms with Crippen molar-refractivity contribution in [2.75, 3.05) is 18.4 Å². The Kier molecular flexibility index (Phi) is 5.31. The first-order chi connectivity index (χ1) is 11.6. The van der Waals surface area contributed by atoms with Gasteiger partial charge in [-0.3, -0.25) is 9.69 Å². The van der Waals surface area contributed by atoms with E-state index in [-0.39, 0.29) is 5.91 Å². The molecule has 2 aromatic carbocycles. The number of hydrogen-bond donors (Lipinski definition) is 1. The van der Waals surface area contributed by atoms with Crippen LogP contribution in [0.5, 0.6) is 0 Å². The van der Waals surface area contributed by atoms with Gasteiger partial charge in [-0.15, -0.1) is 0 Å². The molecule has 0 bridgehead atoms. The topological polar surface area (TPSA) is 32.3 Å². The number of aryl methyl sites for hydroxylation is 2. The number of rotatable bonds is 4. The number of nitrogens with zero attached hydrogens (tertiary/aromatic N) is 1. The van der Waals surface area contributed by atoms with E-state index in [1.54, 1.807) is 0 Å². The average Bonchev–Trinajstić information content (AvgIpc) is 2.59. The fraction of sp³-hybridized carbons (Fsp3) is 0.381. The first-order valence-corrected chi connectivity index (χ1v) is 8.83. The zero-order chi connectivity index (χ0) is 16.9. The van der Waals surface area contributed by atoms with Gasteiger partial charge < -0.3 is 5.32 Å². The highest BCUT2D eigenvalue weighted by Gasteiger charge is 2.16. The Balaban J connectivity index is 1.79. The molecule has 0 aliphatic carbocycles. The minimum absolute atomic E-state index is 0.0139. The van der Waals surface area contributed by atoms with Crippen molar-refractivity contribution in [1.82, 2.24) is 4.90 Å². The largest absolute Gasteiger partial charge is 0.321 e. The predicted molar refractivity (Wildman–Crippen MR) is 99.4 cm³/mol. The molecule has 3 nitrogen and oxygen atoms in total. The Bertz CT molecular complexity index is 697. The minimum atomic E-state index is -0.0139. The summed E-state index contributed by atoms with van der Waals surface area (Å²) >= 11 is 0. The lowest BCUT2D eigenvalue weighted by molar-refractivity contribution is 0.102. The number of carbonyl (C=O) groups is 1. The van der Waals surface area contributed by atoms with Crippen molar-refractivity contribution >= 4 is 11.6 Å². The van der Waals surface area contributed by atoms with Crippen molar-refractivity contribution in [3.8, 4) is 0 Å². The maximum absolute atomic E-state index is 12.9. The van der Waals surface area contributed by atoms with Crippen LogP contribution in [0.1, 0.15) is 46.3 Å². The van der Waals surface area contributed by atoms with Crippen LogP contribution in [0.25, 0.3) is 0 Å². The van der Waals surface area contributed by atoms with Crippen molar-refractivity contribution in [2.45, 2.75) is 39.7 Å². The summed E-state index contributed by atoms with van der Waals surface area (Å²) in [4.78, 5) is 15.3. The number of benzene rings is 2. The van der Waals surface area contributed by atoms with E-state index in [1.165, 1.54) is 19.3 Å².